The molecular weight excluding hydrogens is 282 g/mol. The summed E-state index contributed by atoms with van der Waals surface area (Å²) >= 11 is 0. The van der Waals surface area contributed by atoms with Gasteiger partial charge in [0.1, 0.15) is 0 Å². The van der Waals surface area contributed by atoms with E-state index in [4.69, 9.17) is 0 Å². The van der Waals surface area contributed by atoms with Gasteiger partial charge in [-0.15, -0.1) is 0 Å². The van der Waals surface area contributed by atoms with Crippen molar-refractivity contribution < 1.29 is 4.70 Å². The van der Waals surface area contributed by atoms with Crippen LogP contribution in [0, 0.1) is 0 Å². The molecule has 0 unspecified atom stereocenters. The van der Waals surface area contributed by atoms with E-state index < -0.39 is 0 Å². The smallest absolute Gasteiger partial charge is 0 e. The van der Waals surface area contributed by atoms with Gasteiger partial charge in [0.2, 0.25) is 0 Å². The predicted octanol–water partition coefficient (Wildman–Crippen LogP) is 2.04. The van der Waals surface area contributed by atoms with Gasteiger partial charge in [0.25, 0.3) is 0 Å². The molecule has 0 nitrogen and oxygen atoms in total. The molecule has 0 amide bonds. The van der Waals surface area contributed by atoms with Crippen LogP contribution >= 0.6 is 0 Å². The van der Waals surface area contributed by atoms with Gasteiger partial charge in [-0.25, -0.2) is 0 Å². The largest absolute Gasteiger partial charge is 1.00 e. The maximum Gasteiger partial charge on any atom is 0 e. The molecule has 0 saturated carbocycles. The van der Waals surface area contributed by atoms with Gasteiger partial charge >= 0.3 is 0 Å². The second kappa shape index (κ2) is 49.1. The van der Waals surface area contributed by atoms with Gasteiger partial charge in [0.05, 0.1) is 0 Å². The summed E-state index contributed by atoms with van der Waals surface area (Å²) in [5, 5.41) is 0. The van der Waals surface area contributed by atoms with Crippen LogP contribution in [0.4, 0.5) is 0 Å². The standard InChI is InChI=1S/3C4H10.FH.Sn/c3*1-3-4-2;;/h3*3-4H2,1-2H3;1H;/p-1. The second-order valence-electron chi connectivity index (χ2n) is 3.00. The summed E-state index contributed by atoms with van der Waals surface area (Å²) in [5.41, 5.74) is 0. The zero-order valence-electron chi connectivity index (χ0n) is 11.1. The van der Waals surface area contributed by atoms with E-state index in [2.05, 4.69) is 41.5 Å². The number of unbranched alkanes of at least 4 members (excludes halogenated alkanes) is 3. The van der Waals surface area contributed by atoms with Crippen LogP contribution in [-0.4, -0.2) is 23.9 Å². The number of hydrogen-bond acceptors (Lipinski definition) is 0. The molecule has 0 spiro atoms. The van der Waals surface area contributed by atoms with E-state index in [9.17, 15) is 0 Å². The Morgan fingerprint density at radius 3 is 0.500 bits per heavy atom. The SMILES string of the molecule is CCCC.CCCC.CCCC.[F-].[Sn]. The van der Waals surface area contributed by atoms with Crippen LogP contribution in [0.1, 0.15) is 80.1 Å². The average molecular weight is 312 g/mol. The third-order valence-corrected chi connectivity index (χ3v) is 1.50. The van der Waals surface area contributed by atoms with Crippen LogP contribution in [0.25, 0.3) is 0 Å². The Balaban J connectivity index is -0.0000000270. The van der Waals surface area contributed by atoms with E-state index in [0.29, 0.717) is 0 Å². The normalized spacial score (nSPS) is 6.43. The average Bonchev–Trinajstić information content (AvgIpc) is 2.18. The zero-order chi connectivity index (χ0) is 10.2. The summed E-state index contributed by atoms with van der Waals surface area (Å²) in [4.78, 5) is 0. The molecule has 0 bridgehead atoms. The molecule has 0 aliphatic carbocycles. The van der Waals surface area contributed by atoms with Crippen LogP contribution < -0.4 is 4.70 Å². The van der Waals surface area contributed by atoms with E-state index in [0.717, 1.165) is 0 Å². The minimum absolute atomic E-state index is 0. The first-order chi connectivity index (χ1) is 5.74. The van der Waals surface area contributed by atoms with E-state index >= 15 is 0 Å². The first-order valence-electron chi connectivity index (χ1n) is 5.74. The molecule has 0 N–H and O–H groups in total. The quantitative estimate of drug-likeness (QED) is 0.700. The molecule has 0 aromatic rings. The summed E-state index contributed by atoms with van der Waals surface area (Å²) in [5.74, 6) is 0. The molecule has 2 heteroatoms. The van der Waals surface area contributed by atoms with Crippen molar-refractivity contribution in [2.24, 2.45) is 0 Å². The Kier molecular flexibility index (Phi) is 103. The molecule has 0 atom stereocenters. The van der Waals surface area contributed by atoms with Crippen molar-refractivity contribution in [1.29, 1.82) is 0 Å². The molecule has 90 valence electrons. The van der Waals surface area contributed by atoms with Crippen molar-refractivity contribution in [3.8, 4) is 0 Å². The molecule has 0 heterocycles. The van der Waals surface area contributed by atoms with Gasteiger partial charge in [0.15, 0.2) is 0 Å². The van der Waals surface area contributed by atoms with Gasteiger partial charge in [0, 0.05) is 23.9 Å². The molecule has 0 saturated heterocycles. The van der Waals surface area contributed by atoms with Gasteiger partial charge in [-0.05, 0) is 0 Å². The number of halogens is 1. The Hall–Kier alpha value is 0.729. The minimum atomic E-state index is 0. The second-order valence-corrected chi connectivity index (χ2v) is 3.00. The Morgan fingerprint density at radius 2 is 0.500 bits per heavy atom. The first-order valence-corrected chi connectivity index (χ1v) is 5.74. The molecule has 0 rings (SSSR count). The van der Waals surface area contributed by atoms with Crippen molar-refractivity contribution in [3.05, 3.63) is 0 Å². The van der Waals surface area contributed by atoms with Crippen molar-refractivity contribution in [1.82, 2.24) is 0 Å². The summed E-state index contributed by atoms with van der Waals surface area (Å²) in [6.45, 7) is 13.1. The van der Waals surface area contributed by atoms with Crippen molar-refractivity contribution in [2.45, 2.75) is 80.1 Å². The topological polar surface area (TPSA) is 0 Å². The van der Waals surface area contributed by atoms with E-state index in [1.807, 2.05) is 0 Å². The minimum Gasteiger partial charge on any atom is -1.00 e. The maximum absolute atomic E-state index is 2.18. The van der Waals surface area contributed by atoms with E-state index in [1.54, 1.807) is 0 Å². The monoisotopic (exact) mass is 313 g/mol. The first kappa shape index (κ1) is 29.3. The Labute approximate surface area is 109 Å². The summed E-state index contributed by atoms with van der Waals surface area (Å²) in [7, 11) is 0. The molecule has 0 fully saturated rings. The molecule has 4 radical (unpaired) electrons. The van der Waals surface area contributed by atoms with E-state index in [-0.39, 0.29) is 28.6 Å². The van der Waals surface area contributed by atoms with E-state index in [1.165, 1.54) is 38.5 Å². The summed E-state index contributed by atoms with van der Waals surface area (Å²) < 4.78 is 0. The third kappa shape index (κ3) is 126. The number of hydrogen-bond donors (Lipinski definition) is 0. The van der Waals surface area contributed by atoms with Crippen LogP contribution in [0.5, 0.6) is 0 Å². The molecular formula is C12H30FSn-. The fraction of sp³-hybridized carbons (Fsp3) is 1.00. The van der Waals surface area contributed by atoms with Crippen LogP contribution in [0.15, 0.2) is 0 Å². The summed E-state index contributed by atoms with van der Waals surface area (Å²) in [6.07, 6.45) is 7.92. The van der Waals surface area contributed by atoms with Crippen molar-refractivity contribution in [3.63, 3.8) is 0 Å². The predicted molar refractivity (Wildman–Crippen MR) is 67.5 cm³/mol. The summed E-state index contributed by atoms with van der Waals surface area (Å²) in [6, 6.07) is 0. The van der Waals surface area contributed by atoms with Crippen LogP contribution in [-0.2, 0) is 0 Å². The van der Waals surface area contributed by atoms with Gasteiger partial charge in [-0.2, -0.15) is 0 Å². The van der Waals surface area contributed by atoms with Crippen molar-refractivity contribution in [2.75, 3.05) is 0 Å². The number of rotatable bonds is 3. The zero-order valence-corrected chi connectivity index (χ0v) is 14.0. The molecule has 0 aromatic carbocycles. The Bertz CT molecular complexity index is 25.8. The van der Waals surface area contributed by atoms with Gasteiger partial charge in [-0.1, -0.05) is 80.1 Å². The third-order valence-electron chi connectivity index (χ3n) is 1.50. The van der Waals surface area contributed by atoms with Crippen molar-refractivity contribution >= 4 is 23.9 Å². The fourth-order valence-corrected chi connectivity index (χ4v) is 0. The van der Waals surface area contributed by atoms with Crippen LogP contribution in [0.2, 0.25) is 0 Å². The Morgan fingerprint density at radius 1 is 0.429 bits per heavy atom. The fourth-order valence-electron chi connectivity index (χ4n) is 0. The molecule has 0 aliphatic rings. The van der Waals surface area contributed by atoms with Crippen LogP contribution in [0.3, 0.4) is 0 Å². The maximum atomic E-state index is 2.18. The molecule has 14 heavy (non-hydrogen) atoms. The molecule has 0 aromatic heterocycles. The molecule has 0 aliphatic heterocycles. The van der Waals surface area contributed by atoms with Gasteiger partial charge < -0.3 is 4.70 Å². The van der Waals surface area contributed by atoms with Gasteiger partial charge in [-0.3, -0.25) is 0 Å².